The number of hydrogen-bond donors (Lipinski definition) is 0. The summed E-state index contributed by atoms with van der Waals surface area (Å²) in [4.78, 5) is 16.1. The molecule has 8 heteroatoms. The number of carbonyl (C=O) groups is 1. The second kappa shape index (κ2) is 7.25. The molecule has 0 saturated carbocycles. The van der Waals surface area contributed by atoms with Gasteiger partial charge in [0.15, 0.2) is 17.2 Å². The Bertz CT molecular complexity index is 956. The van der Waals surface area contributed by atoms with Gasteiger partial charge in [0.1, 0.15) is 11.6 Å². The molecule has 0 atom stereocenters. The number of benzene rings is 2. The molecule has 3 rings (SSSR count). The van der Waals surface area contributed by atoms with E-state index in [1.165, 1.54) is 20.3 Å². The van der Waals surface area contributed by atoms with E-state index in [2.05, 4.69) is 20.9 Å². The molecule has 0 unspecified atom stereocenters. The van der Waals surface area contributed by atoms with E-state index in [1.807, 2.05) is 0 Å². The highest BCUT2D eigenvalue weighted by atomic mass is 79.9. The Hall–Kier alpha value is -2.74. The SMILES string of the molecule is COc1cc(Br)c(C=C2N=C(c3ccc(F)cc3F)OC2=O)cc1OC. The fraction of sp³-hybridized carbons (Fsp3) is 0.111. The van der Waals surface area contributed by atoms with Crippen molar-refractivity contribution in [3.63, 3.8) is 0 Å². The molecule has 0 fully saturated rings. The Labute approximate surface area is 156 Å². The van der Waals surface area contributed by atoms with Crippen LogP contribution in [0, 0.1) is 11.6 Å². The van der Waals surface area contributed by atoms with Gasteiger partial charge in [0.2, 0.25) is 5.90 Å². The van der Waals surface area contributed by atoms with Crippen molar-refractivity contribution in [1.82, 2.24) is 0 Å². The summed E-state index contributed by atoms with van der Waals surface area (Å²) in [5, 5.41) is 0. The minimum atomic E-state index is -0.870. The van der Waals surface area contributed by atoms with Gasteiger partial charge in [-0.25, -0.2) is 18.6 Å². The molecule has 0 radical (unpaired) electrons. The van der Waals surface area contributed by atoms with E-state index in [1.54, 1.807) is 12.1 Å². The van der Waals surface area contributed by atoms with Crippen molar-refractivity contribution in [2.45, 2.75) is 0 Å². The second-order valence-corrected chi connectivity index (χ2v) is 6.04. The molecule has 0 aliphatic carbocycles. The Balaban J connectivity index is 2.01. The van der Waals surface area contributed by atoms with E-state index in [0.717, 1.165) is 12.1 Å². The van der Waals surface area contributed by atoms with Crippen molar-refractivity contribution < 1.29 is 27.8 Å². The van der Waals surface area contributed by atoms with E-state index in [9.17, 15) is 13.6 Å². The number of nitrogens with zero attached hydrogens (tertiary/aromatic N) is 1. The first-order chi connectivity index (χ1) is 12.4. The largest absolute Gasteiger partial charge is 0.493 e. The molecule has 0 bridgehead atoms. The standard InChI is InChI=1S/C18H12BrF2NO4/c1-24-15-6-9(12(19)8-16(15)25-2)5-14-18(23)26-17(22-14)11-4-3-10(20)7-13(11)21/h3-8H,1-2H3. The summed E-state index contributed by atoms with van der Waals surface area (Å²) in [7, 11) is 2.99. The zero-order valence-electron chi connectivity index (χ0n) is 13.7. The van der Waals surface area contributed by atoms with Gasteiger partial charge >= 0.3 is 5.97 Å². The van der Waals surface area contributed by atoms with Gasteiger partial charge in [-0.1, -0.05) is 15.9 Å². The Morgan fingerprint density at radius 2 is 1.81 bits per heavy atom. The van der Waals surface area contributed by atoms with Crippen molar-refractivity contribution in [3.8, 4) is 11.5 Å². The minimum absolute atomic E-state index is 0.0309. The molecule has 0 amide bonds. The first kappa shape index (κ1) is 18.1. The molecule has 1 aliphatic heterocycles. The number of aliphatic imine (C=N–C) groups is 1. The van der Waals surface area contributed by atoms with Crippen LogP contribution in [-0.4, -0.2) is 26.1 Å². The van der Waals surface area contributed by atoms with Crippen LogP contribution >= 0.6 is 15.9 Å². The topological polar surface area (TPSA) is 57.1 Å². The number of carbonyl (C=O) groups excluding carboxylic acids is 1. The highest BCUT2D eigenvalue weighted by Crippen LogP contribution is 2.35. The van der Waals surface area contributed by atoms with Gasteiger partial charge in [-0.15, -0.1) is 0 Å². The zero-order valence-corrected chi connectivity index (χ0v) is 15.3. The highest BCUT2D eigenvalue weighted by molar-refractivity contribution is 9.10. The summed E-state index contributed by atoms with van der Waals surface area (Å²) >= 11 is 3.38. The molecular weight excluding hydrogens is 412 g/mol. The maximum Gasteiger partial charge on any atom is 0.363 e. The van der Waals surface area contributed by atoms with E-state index < -0.39 is 17.6 Å². The first-order valence-corrected chi connectivity index (χ1v) is 8.11. The maximum absolute atomic E-state index is 13.9. The molecular formula is C18H12BrF2NO4. The summed E-state index contributed by atoms with van der Waals surface area (Å²) in [6.45, 7) is 0. The van der Waals surface area contributed by atoms with Crippen LogP contribution in [0.5, 0.6) is 11.5 Å². The van der Waals surface area contributed by atoms with Crippen molar-refractivity contribution >= 4 is 33.9 Å². The maximum atomic E-state index is 13.9. The summed E-state index contributed by atoms with van der Waals surface area (Å²) in [6, 6.07) is 6.23. The number of rotatable bonds is 4. The average Bonchev–Trinajstić information content (AvgIpc) is 2.96. The lowest BCUT2D eigenvalue weighted by molar-refractivity contribution is -0.129. The van der Waals surface area contributed by atoms with Crippen molar-refractivity contribution in [2.75, 3.05) is 14.2 Å². The fourth-order valence-electron chi connectivity index (χ4n) is 2.32. The molecule has 5 nitrogen and oxygen atoms in total. The van der Waals surface area contributed by atoms with Crippen LogP contribution in [-0.2, 0) is 9.53 Å². The zero-order chi connectivity index (χ0) is 18.8. The molecule has 0 N–H and O–H groups in total. The third-order valence-electron chi connectivity index (χ3n) is 3.58. The van der Waals surface area contributed by atoms with Gasteiger partial charge in [0, 0.05) is 10.5 Å². The van der Waals surface area contributed by atoms with Gasteiger partial charge in [-0.3, -0.25) is 0 Å². The van der Waals surface area contributed by atoms with Gasteiger partial charge in [0.25, 0.3) is 0 Å². The van der Waals surface area contributed by atoms with Crippen LogP contribution in [0.15, 0.2) is 45.5 Å². The normalized spacial score (nSPS) is 15.0. The predicted octanol–water partition coefficient (Wildman–Crippen LogP) is 4.09. The fourth-order valence-corrected chi connectivity index (χ4v) is 2.75. The Morgan fingerprint density at radius 3 is 2.46 bits per heavy atom. The molecule has 0 spiro atoms. The van der Waals surface area contributed by atoms with Crippen LogP contribution in [0.1, 0.15) is 11.1 Å². The smallest absolute Gasteiger partial charge is 0.363 e. The lowest BCUT2D eigenvalue weighted by atomic mass is 10.1. The van der Waals surface area contributed by atoms with Gasteiger partial charge < -0.3 is 14.2 Å². The molecule has 134 valence electrons. The molecule has 2 aromatic rings. The Morgan fingerprint density at radius 1 is 1.12 bits per heavy atom. The van der Waals surface area contributed by atoms with E-state index in [-0.39, 0.29) is 17.2 Å². The number of halogens is 3. The summed E-state index contributed by atoms with van der Waals surface area (Å²) < 4.78 is 42.9. The number of hydrogen-bond acceptors (Lipinski definition) is 5. The highest BCUT2D eigenvalue weighted by Gasteiger charge is 2.26. The summed E-state index contributed by atoms with van der Waals surface area (Å²) in [5.74, 6) is -1.61. The summed E-state index contributed by atoms with van der Waals surface area (Å²) in [6.07, 6.45) is 1.46. The number of methoxy groups -OCH3 is 2. The minimum Gasteiger partial charge on any atom is -0.493 e. The lowest BCUT2D eigenvalue weighted by Crippen LogP contribution is -2.07. The van der Waals surface area contributed by atoms with Crippen molar-refractivity contribution in [2.24, 2.45) is 4.99 Å². The van der Waals surface area contributed by atoms with Gasteiger partial charge in [0.05, 0.1) is 19.8 Å². The van der Waals surface area contributed by atoms with Crippen LogP contribution in [0.25, 0.3) is 6.08 Å². The van der Waals surface area contributed by atoms with E-state index in [4.69, 9.17) is 14.2 Å². The molecule has 26 heavy (non-hydrogen) atoms. The predicted molar refractivity (Wildman–Crippen MR) is 94.2 cm³/mol. The Kier molecular flexibility index (Phi) is 5.03. The van der Waals surface area contributed by atoms with Gasteiger partial charge in [-0.05, 0) is 35.9 Å². The third-order valence-corrected chi connectivity index (χ3v) is 4.26. The first-order valence-electron chi connectivity index (χ1n) is 7.32. The van der Waals surface area contributed by atoms with Crippen LogP contribution < -0.4 is 9.47 Å². The van der Waals surface area contributed by atoms with Crippen LogP contribution in [0.2, 0.25) is 0 Å². The average molecular weight is 424 g/mol. The number of cyclic esters (lactones) is 1. The summed E-state index contributed by atoms with van der Waals surface area (Å²) in [5.41, 5.74) is 0.449. The lowest BCUT2D eigenvalue weighted by Gasteiger charge is -2.09. The van der Waals surface area contributed by atoms with Crippen LogP contribution in [0.3, 0.4) is 0 Å². The molecule has 0 saturated heterocycles. The monoisotopic (exact) mass is 423 g/mol. The second-order valence-electron chi connectivity index (χ2n) is 5.19. The van der Waals surface area contributed by atoms with Crippen molar-refractivity contribution in [3.05, 3.63) is 63.3 Å². The quantitative estimate of drug-likeness (QED) is 0.548. The molecule has 1 aliphatic rings. The molecule has 2 aromatic carbocycles. The molecule has 0 aromatic heterocycles. The van der Waals surface area contributed by atoms with E-state index in [0.29, 0.717) is 27.6 Å². The van der Waals surface area contributed by atoms with Crippen molar-refractivity contribution in [1.29, 1.82) is 0 Å². The molecule has 1 heterocycles. The third kappa shape index (κ3) is 3.45. The number of esters is 1. The number of ether oxygens (including phenoxy) is 3. The van der Waals surface area contributed by atoms with Gasteiger partial charge in [-0.2, -0.15) is 0 Å². The van der Waals surface area contributed by atoms with Crippen LogP contribution in [0.4, 0.5) is 8.78 Å². The van der Waals surface area contributed by atoms with E-state index >= 15 is 0 Å².